The fourth-order valence-corrected chi connectivity index (χ4v) is 2.34. The number of nitrogen functional groups attached to an aromatic ring is 1. The van der Waals surface area contributed by atoms with E-state index in [0.29, 0.717) is 30.8 Å². The summed E-state index contributed by atoms with van der Waals surface area (Å²) in [6.07, 6.45) is 2.96. The Kier molecular flexibility index (Phi) is 4.22. The Morgan fingerprint density at radius 3 is 3.09 bits per heavy atom. The van der Waals surface area contributed by atoms with Crippen molar-refractivity contribution in [1.82, 2.24) is 20.3 Å². The molecule has 1 amide bonds. The van der Waals surface area contributed by atoms with Gasteiger partial charge in [0.05, 0.1) is 24.2 Å². The SMILES string of the molecule is Nc1cccc(-n2cc(CCC(=O)N[C@H]3CCOC3=O)nn2)c1. The lowest BCUT2D eigenvalue weighted by atomic mass is 10.2. The fourth-order valence-electron chi connectivity index (χ4n) is 2.34. The molecule has 0 unspecified atom stereocenters. The Bertz CT molecular complexity index is 727. The molecule has 120 valence electrons. The maximum atomic E-state index is 11.8. The highest BCUT2D eigenvalue weighted by Gasteiger charge is 2.27. The first-order valence-electron chi connectivity index (χ1n) is 7.35. The van der Waals surface area contributed by atoms with Crippen molar-refractivity contribution in [1.29, 1.82) is 0 Å². The molecule has 2 heterocycles. The minimum atomic E-state index is -0.523. The number of aromatic nitrogens is 3. The molecule has 3 N–H and O–H groups in total. The quantitative estimate of drug-likeness (QED) is 0.603. The molecule has 0 spiro atoms. The van der Waals surface area contributed by atoms with Crippen LogP contribution in [0.3, 0.4) is 0 Å². The Morgan fingerprint density at radius 1 is 1.48 bits per heavy atom. The van der Waals surface area contributed by atoms with Crippen LogP contribution in [-0.2, 0) is 20.7 Å². The molecule has 1 aromatic heterocycles. The molecular formula is C15H17N5O3. The van der Waals surface area contributed by atoms with Gasteiger partial charge in [0.25, 0.3) is 0 Å². The summed E-state index contributed by atoms with van der Waals surface area (Å²) in [6, 6.07) is 6.76. The van der Waals surface area contributed by atoms with Crippen LogP contribution in [0.4, 0.5) is 5.69 Å². The van der Waals surface area contributed by atoms with Gasteiger partial charge in [0.1, 0.15) is 6.04 Å². The molecule has 8 nitrogen and oxygen atoms in total. The number of nitrogens with one attached hydrogen (secondary N) is 1. The van der Waals surface area contributed by atoms with Crippen LogP contribution in [0.5, 0.6) is 0 Å². The molecule has 0 bridgehead atoms. The highest BCUT2D eigenvalue weighted by molar-refractivity contribution is 5.85. The summed E-state index contributed by atoms with van der Waals surface area (Å²) in [5.41, 5.74) is 7.88. The first kappa shape index (κ1) is 15.0. The van der Waals surface area contributed by atoms with Gasteiger partial charge < -0.3 is 15.8 Å². The zero-order valence-corrected chi connectivity index (χ0v) is 12.4. The zero-order valence-electron chi connectivity index (χ0n) is 12.4. The Balaban J connectivity index is 1.55. The molecule has 1 saturated heterocycles. The Hall–Kier alpha value is -2.90. The van der Waals surface area contributed by atoms with Crippen LogP contribution in [0.15, 0.2) is 30.5 Å². The average molecular weight is 315 g/mol. The number of hydrogen-bond donors (Lipinski definition) is 2. The first-order valence-corrected chi connectivity index (χ1v) is 7.35. The summed E-state index contributed by atoms with van der Waals surface area (Å²) in [4.78, 5) is 23.1. The standard InChI is InChI=1S/C15H17N5O3/c16-10-2-1-3-12(8-10)20-9-11(18-19-20)4-5-14(21)17-13-6-7-23-15(13)22/h1-3,8-9,13H,4-7,16H2,(H,17,21)/t13-/m0/s1. The van der Waals surface area contributed by atoms with Crippen LogP contribution in [-0.4, -0.2) is 39.5 Å². The number of cyclic esters (lactones) is 1. The van der Waals surface area contributed by atoms with E-state index < -0.39 is 6.04 Å². The van der Waals surface area contributed by atoms with Gasteiger partial charge in [-0.1, -0.05) is 11.3 Å². The summed E-state index contributed by atoms with van der Waals surface area (Å²) in [5.74, 6) is -0.571. The average Bonchev–Trinajstić information content (AvgIpc) is 3.15. The van der Waals surface area contributed by atoms with Crippen LogP contribution in [0.2, 0.25) is 0 Å². The van der Waals surface area contributed by atoms with Gasteiger partial charge in [-0.15, -0.1) is 5.10 Å². The van der Waals surface area contributed by atoms with Crippen LogP contribution in [0, 0.1) is 0 Å². The van der Waals surface area contributed by atoms with Crippen LogP contribution in [0.1, 0.15) is 18.5 Å². The summed E-state index contributed by atoms with van der Waals surface area (Å²) in [6.45, 7) is 0.359. The molecule has 0 saturated carbocycles. The molecule has 0 aliphatic carbocycles. The largest absolute Gasteiger partial charge is 0.464 e. The van der Waals surface area contributed by atoms with E-state index in [0.717, 1.165) is 5.69 Å². The van der Waals surface area contributed by atoms with Crippen LogP contribution >= 0.6 is 0 Å². The number of anilines is 1. The Morgan fingerprint density at radius 2 is 2.35 bits per heavy atom. The van der Waals surface area contributed by atoms with Crippen molar-refractivity contribution in [3.8, 4) is 5.69 Å². The van der Waals surface area contributed by atoms with Crippen molar-refractivity contribution in [2.75, 3.05) is 12.3 Å². The molecule has 1 aliphatic rings. The molecule has 1 aromatic carbocycles. The smallest absolute Gasteiger partial charge is 0.328 e. The summed E-state index contributed by atoms with van der Waals surface area (Å²) in [7, 11) is 0. The number of benzene rings is 1. The highest BCUT2D eigenvalue weighted by Crippen LogP contribution is 2.12. The van der Waals surface area contributed by atoms with Gasteiger partial charge in [0.2, 0.25) is 5.91 Å². The van der Waals surface area contributed by atoms with Gasteiger partial charge in [-0.2, -0.15) is 0 Å². The van der Waals surface area contributed by atoms with E-state index in [-0.39, 0.29) is 18.3 Å². The number of nitrogens with zero attached hydrogens (tertiary/aromatic N) is 3. The Labute approximate surface area is 132 Å². The van der Waals surface area contributed by atoms with Crippen LogP contribution in [0.25, 0.3) is 5.69 Å². The normalized spacial score (nSPS) is 17.0. The maximum absolute atomic E-state index is 11.8. The number of hydrogen-bond acceptors (Lipinski definition) is 6. The molecule has 1 aliphatic heterocycles. The number of ether oxygens (including phenoxy) is 1. The van der Waals surface area contributed by atoms with Crippen molar-refractivity contribution in [3.63, 3.8) is 0 Å². The van der Waals surface area contributed by atoms with Gasteiger partial charge in [0.15, 0.2) is 0 Å². The summed E-state index contributed by atoms with van der Waals surface area (Å²) < 4.78 is 6.41. The molecule has 0 radical (unpaired) electrons. The first-order chi connectivity index (χ1) is 11.1. The lowest BCUT2D eigenvalue weighted by Crippen LogP contribution is -2.38. The van der Waals surface area contributed by atoms with E-state index in [4.69, 9.17) is 10.5 Å². The molecular weight excluding hydrogens is 298 g/mol. The summed E-state index contributed by atoms with van der Waals surface area (Å²) in [5, 5.41) is 10.7. The third-order valence-corrected chi connectivity index (χ3v) is 3.55. The minimum absolute atomic E-state index is 0.202. The van der Waals surface area contributed by atoms with Gasteiger partial charge in [-0.25, -0.2) is 9.48 Å². The monoisotopic (exact) mass is 315 g/mol. The third-order valence-electron chi connectivity index (χ3n) is 3.55. The number of amides is 1. The van der Waals surface area contributed by atoms with Crippen molar-refractivity contribution >= 4 is 17.6 Å². The topological polar surface area (TPSA) is 112 Å². The maximum Gasteiger partial charge on any atom is 0.328 e. The van der Waals surface area contributed by atoms with Gasteiger partial charge >= 0.3 is 5.97 Å². The number of carbonyl (C=O) groups excluding carboxylic acids is 2. The highest BCUT2D eigenvalue weighted by atomic mass is 16.5. The predicted molar refractivity (Wildman–Crippen MR) is 81.6 cm³/mol. The van der Waals surface area contributed by atoms with Crippen LogP contribution < -0.4 is 11.1 Å². The number of esters is 1. The van der Waals surface area contributed by atoms with Crippen molar-refractivity contribution in [3.05, 3.63) is 36.2 Å². The second-order valence-corrected chi connectivity index (χ2v) is 5.33. The van der Waals surface area contributed by atoms with Crippen molar-refractivity contribution < 1.29 is 14.3 Å². The third kappa shape index (κ3) is 3.65. The number of nitrogens with two attached hydrogens (primary N) is 1. The summed E-state index contributed by atoms with van der Waals surface area (Å²) >= 11 is 0. The number of carbonyl (C=O) groups is 2. The van der Waals surface area contributed by atoms with E-state index in [2.05, 4.69) is 15.6 Å². The zero-order chi connectivity index (χ0) is 16.2. The number of aryl methyl sites for hydroxylation is 1. The lowest BCUT2D eigenvalue weighted by molar-refractivity contribution is -0.141. The second kappa shape index (κ2) is 6.47. The second-order valence-electron chi connectivity index (χ2n) is 5.33. The molecule has 1 fully saturated rings. The van der Waals surface area contributed by atoms with Crippen molar-refractivity contribution in [2.45, 2.75) is 25.3 Å². The minimum Gasteiger partial charge on any atom is -0.464 e. The van der Waals surface area contributed by atoms with Crippen molar-refractivity contribution in [2.24, 2.45) is 0 Å². The lowest BCUT2D eigenvalue weighted by Gasteiger charge is -2.07. The predicted octanol–water partition coefficient (Wildman–Crippen LogP) is 0.214. The van der Waals surface area contributed by atoms with Gasteiger partial charge in [0, 0.05) is 24.9 Å². The van der Waals surface area contributed by atoms with E-state index in [1.807, 2.05) is 12.1 Å². The molecule has 2 aromatic rings. The van der Waals surface area contributed by atoms with E-state index in [1.54, 1.807) is 23.0 Å². The number of rotatable bonds is 5. The molecule has 1 atom stereocenters. The molecule has 8 heteroatoms. The fraction of sp³-hybridized carbons (Fsp3) is 0.333. The molecule has 23 heavy (non-hydrogen) atoms. The van der Waals surface area contributed by atoms with Gasteiger partial charge in [-0.05, 0) is 18.2 Å². The van der Waals surface area contributed by atoms with E-state index in [9.17, 15) is 9.59 Å². The molecule has 3 rings (SSSR count). The van der Waals surface area contributed by atoms with E-state index >= 15 is 0 Å². The van der Waals surface area contributed by atoms with E-state index in [1.165, 1.54) is 0 Å². The van der Waals surface area contributed by atoms with Gasteiger partial charge in [-0.3, -0.25) is 4.79 Å².